The van der Waals surface area contributed by atoms with Gasteiger partial charge in [-0.25, -0.2) is 4.98 Å². The number of H-pyrrole nitrogens is 1. The van der Waals surface area contributed by atoms with Crippen LogP contribution >= 0.6 is 22.6 Å². The largest absolute Gasteiger partial charge is 0.371 e. The number of rotatable bonds is 6. The first-order valence-electron chi connectivity index (χ1n) is 6.39. The molecule has 0 spiro atoms. The molecule has 1 aromatic heterocycles. The third kappa shape index (κ3) is 4.05. The Kier molecular flexibility index (Phi) is 6.28. The van der Waals surface area contributed by atoms with Crippen molar-refractivity contribution in [2.75, 3.05) is 6.61 Å². The molecule has 0 aliphatic carbocycles. The minimum absolute atomic E-state index is 0.0607. The lowest BCUT2D eigenvalue weighted by atomic mass is 10.1. The molecule has 0 bridgehead atoms. The molecule has 1 N–H and O–H groups in total. The highest BCUT2D eigenvalue weighted by Crippen LogP contribution is 2.18. The lowest BCUT2D eigenvalue weighted by molar-refractivity contribution is 0.0530. The van der Waals surface area contributed by atoms with Crippen molar-refractivity contribution in [3.05, 3.63) is 25.4 Å². The van der Waals surface area contributed by atoms with Crippen molar-refractivity contribution < 1.29 is 4.74 Å². The Balaban J connectivity index is 3.14. The monoisotopic (exact) mass is 364 g/mol. The molecular weight excluding hydrogens is 343 g/mol. The average Bonchev–Trinajstić information content (AvgIpc) is 2.31. The Morgan fingerprint density at radius 1 is 1.39 bits per heavy atom. The van der Waals surface area contributed by atoms with Gasteiger partial charge < -0.3 is 9.72 Å². The van der Waals surface area contributed by atoms with E-state index in [1.54, 1.807) is 0 Å². The molecule has 5 heteroatoms. The van der Waals surface area contributed by atoms with Gasteiger partial charge >= 0.3 is 0 Å². The van der Waals surface area contributed by atoms with Crippen LogP contribution in [0.5, 0.6) is 0 Å². The van der Waals surface area contributed by atoms with Gasteiger partial charge in [0.2, 0.25) is 0 Å². The van der Waals surface area contributed by atoms with Gasteiger partial charge in [-0.15, -0.1) is 0 Å². The van der Waals surface area contributed by atoms with Crippen molar-refractivity contribution in [2.45, 2.75) is 46.6 Å². The molecule has 1 heterocycles. The Labute approximate surface area is 122 Å². The van der Waals surface area contributed by atoms with Crippen LogP contribution in [0.1, 0.15) is 51.7 Å². The van der Waals surface area contributed by atoms with E-state index in [1.165, 1.54) is 0 Å². The zero-order chi connectivity index (χ0) is 13.7. The summed E-state index contributed by atoms with van der Waals surface area (Å²) in [6, 6.07) is 0. The topological polar surface area (TPSA) is 55.0 Å². The molecule has 0 aromatic carbocycles. The Morgan fingerprint density at radius 3 is 2.56 bits per heavy atom. The van der Waals surface area contributed by atoms with Gasteiger partial charge in [0.15, 0.2) is 0 Å². The van der Waals surface area contributed by atoms with E-state index in [1.807, 2.05) is 13.8 Å². The van der Waals surface area contributed by atoms with Crippen molar-refractivity contribution in [2.24, 2.45) is 5.92 Å². The van der Waals surface area contributed by atoms with Crippen LogP contribution in [-0.2, 0) is 11.2 Å². The third-order valence-electron chi connectivity index (χ3n) is 2.59. The van der Waals surface area contributed by atoms with Gasteiger partial charge in [-0.1, -0.05) is 20.8 Å². The summed E-state index contributed by atoms with van der Waals surface area (Å²) in [4.78, 5) is 19.3. The van der Waals surface area contributed by atoms with Gasteiger partial charge in [-0.3, -0.25) is 4.79 Å². The zero-order valence-electron chi connectivity index (χ0n) is 11.4. The predicted molar refractivity (Wildman–Crippen MR) is 80.8 cm³/mol. The molecule has 0 saturated heterocycles. The molecule has 1 atom stereocenters. The van der Waals surface area contributed by atoms with E-state index in [0.717, 1.165) is 18.5 Å². The van der Waals surface area contributed by atoms with Crippen molar-refractivity contribution >= 4 is 22.6 Å². The number of hydrogen-bond donors (Lipinski definition) is 1. The molecule has 1 rings (SSSR count). The number of aromatic nitrogens is 2. The van der Waals surface area contributed by atoms with Crippen LogP contribution in [0.15, 0.2) is 4.79 Å². The van der Waals surface area contributed by atoms with Crippen molar-refractivity contribution in [1.29, 1.82) is 0 Å². The maximum Gasteiger partial charge on any atom is 0.264 e. The highest BCUT2D eigenvalue weighted by atomic mass is 127. The number of nitrogens with one attached hydrogen (secondary N) is 1. The van der Waals surface area contributed by atoms with Crippen LogP contribution in [0.4, 0.5) is 0 Å². The SMILES string of the molecule is CCOC(CC)c1nc(CC(C)C)c(I)c(=O)[nH]1. The number of hydrogen-bond acceptors (Lipinski definition) is 3. The Hall–Kier alpha value is -0.430. The number of aromatic amines is 1. The van der Waals surface area contributed by atoms with E-state index < -0.39 is 0 Å². The highest BCUT2D eigenvalue weighted by molar-refractivity contribution is 14.1. The quantitative estimate of drug-likeness (QED) is 0.790. The molecule has 0 amide bonds. The smallest absolute Gasteiger partial charge is 0.264 e. The second kappa shape index (κ2) is 7.23. The molecule has 0 saturated carbocycles. The number of ether oxygens (including phenoxy) is 1. The van der Waals surface area contributed by atoms with E-state index in [0.29, 0.717) is 21.9 Å². The highest BCUT2D eigenvalue weighted by Gasteiger charge is 2.16. The zero-order valence-corrected chi connectivity index (χ0v) is 13.6. The fourth-order valence-electron chi connectivity index (χ4n) is 1.79. The fourth-order valence-corrected chi connectivity index (χ4v) is 2.27. The number of halogens is 1. The normalized spacial score (nSPS) is 13.0. The van der Waals surface area contributed by atoms with E-state index in [4.69, 9.17) is 4.74 Å². The molecule has 0 aliphatic rings. The summed E-state index contributed by atoms with van der Waals surface area (Å²) in [5.74, 6) is 1.13. The van der Waals surface area contributed by atoms with Crippen LogP contribution in [0.3, 0.4) is 0 Å². The van der Waals surface area contributed by atoms with E-state index in [2.05, 4.69) is 46.4 Å². The van der Waals surface area contributed by atoms with E-state index in [-0.39, 0.29) is 11.7 Å². The maximum atomic E-state index is 11.9. The van der Waals surface area contributed by atoms with Gasteiger partial charge in [-0.05, 0) is 48.3 Å². The van der Waals surface area contributed by atoms with Gasteiger partial charge in [0.05, 0.1) is 9.26 Å². The van der Waals surface area contributed by atoms with Gasteiger partial charge in [0, 0.05) is 6.61 Å². The molecule has 0 aliphatic heterocycles. The predicted octanol–water partition coefficient (Wildman–Crippen LogP) is 3.06. The van der Waals surface area contributed by atoms with Crippen LogP contribution in [0.2, 0.25) is 0 Å². The van der Waals surface area contributed by atoms with Crippen molar-refractivity contribution in [1.82, 2.24) is 9.97 Å². The fraction of sp³-hybridized carbons (Fsp3) is 0.692. The Bertz CT molecular complexity index is 443. The van der Waals surface area contributed by atoms with Crippen LogP contribution in [0, 0.1) is 9.49 Å². The van der Waals surface area contributed by atoms with Crippen molar-refractivity contribution in [3.8, 4) is 0 Å². The second-order valence-electron chi connectivity index (χ2n) is 4.66. The average molecular weight is 364 g/mol. The van der Waals surface area contributed by atoms with Crippen LogP contribution in [0.25, 0.3) is 0 Å². The van der Waals surface area contributed by atoms with E-state index >= 15 is 0 Å². The third-order valence-corrected chi connectivity index (χ3v) is 3.71. The molecule has 0 radical (unpaired) electrons. The summed E-state index contributed by atoms with van der Waals surface area (Å²) in [5, 5.41) is 0. The minimum Gasteiger partial charge on any atom is -0.371 e. The van der Waals surface area contributed by atoms with Crippen molar-refractivity contribution in [3.63, 3.8) is 0 Å². The van der Waals surface area contributed by atoms with Crippen LogP contribution in [-0.4, -0.2) is 16.6 Å². The first-order valence-corrected chi connectivity index (χ1v) is 7.47. The van der Waals surface area contributed by atoms with Gasteiger partial charge in [-0.2, -0.15) is 0 Å². The number of nitrogens with zero attached hydrogens (tertiary/aromatic N) is 1. The van der Waals surface area contributed by atoms with Gasteiger partial charge in [0.1, 0.15) is 11.9 Å². The molecule has 102 valence electrons. The second-order valence-corrected chi connectivity index (χ2v) is 5.74. The summed E-state index contributed by atoms with van der Waals surface area (Å²) in [6.45, 7) is 8.84. The maximum absolute atomic E-state index is 11.9. The summed E-state index contributed by atoms with van der Waals surface area (Å²) >= 11 is 2.06. The van der Waals surface area contributed by atoms with E-state index in [9.17, 15) is 4.79 Å². The lowest BCUT2D eigenvalue weighted by Crippen LogP contribution is -2.22. The molecular formula is C13H21IN2O2. The molecule has 4 nitrogen and oxygen atoms in total. The first kappa shape index (κ1) is 15.6. The molecule has 1 unspecified atom stereocenters. The summed E-state index contributed by atoms with van der Waals surface area (Å²) < 4.78 is 6.29. The minimum atomic E-state index is -0.120. The summed E-state index contributed by atoms with van der Waals surface area (Å²) in [6.07, 6.45) is 1.50. The Morgan fingerprint density at radius 2 is 2.06 bits per heavy atom. The van der Waals surface area contributed by atoms with Crippen LogP contribution < -0.4 is 5.56 Å². The van der Waals surface area contributed by atoms with Gasteiger partial charge in [0.25, 0.3) is 5.56 Å². The summed E-state index contributed by atoms with van der Waals surface area (Å²) in [7, 11) is 0. The molecule has 18 heavy (non-hydrogen) atoms. The molecule has 1 aromatic rings. The summed E-state index contributed by atoms with van der Waals surface area (Å²) in [5.41, 5.74) is 0.817. The lowest BCUT2D eigenvalue weighted by Gasteiger charge is -2.16. The first-order chi connectivity index (χ1) is 8.49. The molecule has 0 fully saturated rings. The standard InChI is InChI=1S/C13H21IN2O2/c1-5-10(18-6-2)12-15-9(7-8(3)4)11(14)13(17)16-12/h8,10H,5-7H2,1-4H3,(H,15,16,17).